The molecule has 1 aliphatic rings. The molecule has 5 rings (SSSR count). The minimum absolute atomic E-state index is 0.150. The van der Waals surface area contributed by atoms with E-state index in [1.165, 1.54) is 0 Å². The Morgan fingerprint density at radius 1 is 1.19 bits per heavy atom. The summed E-state index contributed by atoms with van der Waals surface area (Å²) in [6.07, 6.45) is 7.16. The lowest BCUT2D eigenvalue weighted by Gasteiger charge is -2.38. The SMILES string of the molecule is C[C@H]1CC[C@H](c2ccc3sc([C@H](C)CN(C)C)nc3c2)N(C(=O)C(=O)Nc2ccn3ccnc3c2)C1. The molecule has 0 radical (unpaired) electrons. The van der Waals surface area contributed by atoms with Crippen LogP contribution in [0.4, 0.5) is 5.69 Å². The second-order valence-electron chi connectivity index (χ2n) is 10.2. The van der Waals surface area contributed by atoms with Crippen LogP contribution in [0.1, 0.15) is 49.2 Å². The summed E-state index contributed by atoms with van der Waals surface area (Å²) in [6, 6.07) is 9.67. The van der Waals surface area contributed by atoms with Crippen molar-refractivity contribution in [2.24, 2.45) is 5.92 Å². The van der Waals surface area contributed by atoms with Gasteiger partial charge in [0, 0.05) is 49.4 Å². The molecule has 4 aromatic rings. The number of likely N-dealkylation sites (tertiary alicyclic amines) is 1. The second kappa shape index (κ2) is 9.99. The molecule has 1 saturated heterocycles. The number of thiazole rings is 1. The van der Waals surface area contributed by atoms with E-state index < -0.39 is 11.8 Å². The molecule has 3 aromatic heterocycles. The van der Waals surface area contributed by atoms with Crippen LogP contribution in [0.5, 0.6) is 0 Å². The smallest absolute Gasteiger partial charge is 0.313 e. The van der Waals surface area contributed by atoms with Gasteiger partial charge in [-0.3, -0.25) is 9.59 Å². The number of nitrogens with one attached hydrogen (secondary N) is 1. The maximum absolute atomic E-state index is 13.4. The molecule has 1 aromatic carbocycles. The van der Waals surface area contributed by atoms with E-state index in [4.69, 9.17) is 4.98 Å². The number of carbonyl (C=O) groups is 2. The number of likely N-dealkylation sites (N-methyl/N-ethyl adjacent to an activating group) is 1. The first-order valence-electron chi connectivity index (χ1n) is 12.4. The zero-order valence-corrected chi connectivity index (χ0v) is 22.0. The van der Waals surface area contributed by atoms with Gasteiger partial charge in [0.25, 0.3) is 0 Å². The molecule has 188 valence electrons. The van der Waals surface area contributed by atoms with Crippen LogP contribution < -0.4 is 5.32 Å². The Kier molecular flexibility index (Phi) is 6.77. The third-order valence-electron chi connectivity index (χ3n) is 6.80. The number of pyridine rings is 1. The van der Waals surface area contributed by atoms with Crippen molar-refractivity contribution in [1.82, 2.24) is 24.2 Å². The molecule has 0 saturated carbocycles. The highest BCUT2D eigenvalue weighted by Gasteiger charge is 2.34. The minimum Gasteiger partial charge on any atom is -0.327 e. The van der Waals surface area contributed by atoms with Crippen LogP contribution in [0.25, 0.3) is 15.9 Å². The highest BCUT2D eigenvalue weighted by atomic mass is 32.1. The van der Waals surface area contributed by atoms with Crippen molar-refractivity contribution >= 4 is 44.7 Å². The molecule has 1 aliphatic heterocycles. The van der Waals surface area contributed by atoms with Gasteiger partial charge in [0.05, 0.1) is 21.3 Å². The van der Waals surface area contributed by atoms with Crippen molar-refractivity contribution in [3.8, 4) is 0 Å². The molecule has 0 aliphatic carbocycles. The van der Waals surface area contributed by atoms with Crippen LogP contribution in [0.3, 0.4) is 0 Å². The molecule has 0 bridgehead atoms. The summed E-state index contributed by atoms with van der Waals surface area (Å²) in [5, 5.41) is 3.89. The molecule has 9 heteroatoms. The molecule has 8 nitrogen and oxygen atoms in total. The van der Waals surface area contributed by atoms with E-state index in [1.54, 1.807) is 34.6 Å². The average Bonchev–Trinajstić information content (AvgIpc) is 3.49. The normalized spacial score (nSPS) is 19.2. The summed E-state index contributed by atoms with van der Waals surface area (Å²) in [5.74, 6) is -0.451. The average molecular weight is 505 g/mol. The fourth-order valence-electron chi connectivity index (χ4n) is 5.03. The standard InChI is InChI=1S/C27H32N6O2S/c1-17-5-7-22(19-6-8-23-21(13-19)30-26(36-23)18(2)16-31(3)4)33(15-17)27(35)25(34)29-20-9-11-32-12-10-28-24(32)14-20/h6,8-14,17-18,22H,5,7,15-16H2,1-4H3,(H,29,34)/t17-,18+,22+/m0/s1. The molecule has 1 N–H and O–H groups in total. The highest BCUT2D eigenvalue weighted by molar-refractivity contribution is 7.18. The summed E-state index contributed by atoms with van der Waals surface area (Å²) in [4.78, 5) is 39.5. The maximum Gasteiger partial charge on any atom is 0.313 e. The zero-order chi connectivity index (χ0) is 25.4. The Morgan fingerprint density at radius 3 is 2.83 bits per heavy atom. The Hall–Kier alpha value is -3.30. The second-order valence-corrected chi connectivity index (χ2v) is 11.2. The summed E-state index contributed by atoms with van der Waals surface area (Å²) in [7, 11) is 4.15. The fourth-order valence-corrected chi connectivity index (χ4v) is 6.02. The summed E-state index contributed by atoms with van der Waals surface area (Å²) in [5.41, 5.74) is 3.26. The van der Waals surface area contributed by atoms with Gasteiger partial charge in [0.15, 0.2) is 0 Å². The molecule has 0 spiro atoms. The molecule has 0 unspecified atom stereocenters. The summed E-state index contributed by atoms with van der Waals surface area (Å²) in [6.45, 7) is 5.82. The van der Waals surface area contributed by atoms with E-state index in [0.29, 0.717) is 29.7 Å². The van der Waals surface area contributed by atoms with Gasteiger partial charge >= 0.3 is 11.8 Å². The van der Waals surface area contributed by atoms with Crippen molar-refractivity contribution in [2.75, 3.05) is 32.5 Å². The monoisotopic (exact) mass is 504 g/mol. The number of amides is 2. The van der Waals surface area contributed by atoms with Crippen LogP contribution >= 0.6 is 11.3 Å². The highest BCUT2D eigenvalue weighted by Crippen LogP contribution is 2.36. The number of hydrogen-bond donors (Lipinski definition) is 1. The van der Waals surface area contributed by atoms with E-state index in [-0.39, 0.29) is 6.04 Å². The van der Waals surface area contributed by atoms with Gasteiger partial charge in [-0.25, -0.2) is 9.97 Å². The number of imidazole rings is 1. The molecule has 2 amide bonds. The number of rotatable bonds is 5. The lowest BCUT2D eigenvalue weighted by atomic mass is 9.89. The summed E-state index contributed by atoms with van der Waals surface area (Å²) < 4.78 is 3.00. The van der Waals surface area contributed by atoms with Gasteiger partial charge in [-0.15, -0.1) is 11.3 Å². The van der Waals surface area contributed by atoms with Gasteiger partial charge in [-0.1, -0.05) is 19.9 Å². The van der Waals surface area contributed by atoms with Crippen molar-refractivity contribution in [2.45, 2.75) is 38.6 Å². The number of nitrogens with zero attached hydrogens (tertiary/aromatic N) is 5. The van der Waals surface area contributed by atoms with Crippen molar-refractivity contribution in [1.29, 1.82) is 0 Å². The Balaban J connectivity index is 1.37. The Morgan fingerprint density at radius 2 is 2.03 bits per heavy atom. The van der Waals surface area contributed by atoms with Crippen LogP contribution in [0, 0.1) is 5.92 Å². The molecule has 4 heterocycles. The maximum atomic E-state index is 13.4. The first-order valence-corrected chi connectivity index (χ1v) is 13.2. The molecular weight excluding hydrogens is 472 g/mol. The van der Waals surface area contributed by atoms with E-state index >= 15 is 0 Å². The number of aromatic nitrogens is 3. The molecule has 1 fully saturated rings. The minimum atomic E-state index is -0.625. The molecular formula is C27H32N6O2S. The number of fused-ring (bicyclic) bond motifs is 2. The third-order valence-corrected chi connectivity index (χ3v) is 8.07. The Bertz CT molecular complexity index is 1410. The van der Waals surface area contributed by atoms with Crippen molar-refractivity contribution in [3.05, 3.63) is 59.5 Å². The summed E-state index contributed by atoms with van der Waals surface area (Å²) >= 11 is 1.73. The molecule has 36 heavy (non-hydrogen) atoms. The number of anilines is 1. The number of benzene rings is 1. The van der Waals surface area contributed by atoms with E-state index in [9.17, 15) is 9.59 Å². The van der Waals surface area contributed by atoms with E-state index in [1.807, 2.05) is 16.8 Å². The van der Waals surface area contributed by atoms with Crippen molar-refractivity contribution in [3.63, 3.8) is 0 Å². The first kappa shape index (κ1) is 24.4. The predicted octanol–water partition coefficient (Wildman–Crippen LogP) is 4.55. The lowest BCUT2D eigenvalue weighted by Crippen LogP contribution is -2.46. The van der Waals surface area contributed by atoms with Gasteiger partial charge < -0.3 is 19.5 Å². The zero-order valence-electron chi connectivity index (χ0n) is 21.1. The number of piperidine rings is 1. The van der Waals surface area contributed by atoms with Crippen LogP contribution in [-0.4, -0.2) is 63.2 Å². The topological polar surface area (TPSA) is 82.8 Å². The quantitative estimate of drug-likeness (QED) is 0.403. The predicted molar refractivity (Wildman–Crippen MR) is 143 cm³/mol. The molecule has 3 atom stereocenters. The fraction of sp³-hybridized carbons (Fsp3) is 0.407. The van der Waals surface area contributed by atoms with Gasteiger partial charge in [-0.2, -0.15) is 0 Å². The van der Waals surface area contributed by atoms with E-state index in [2.05, 4.69) is 61.3 Å². The van der Waals surface area contributed by atoms with Gasteiger partial charge in [0.1, 0.15) is 5.65 Å². The number of hydrogen-bond acceptors (Lipinski definition) is 6. The number of carbonyl (C=O) groups excluding carboxylic acids is 2. The van der Waals surface area contributed by atoms with Crippen LogP contribution in [0.15, 0.2) is 48.9 Å². The largest absolute Gasteiger partial charge is 0.327 e. The third kappa shape index (κ3) is 4.99. The van der Waals surface area contributed by atoms with Gasteiger partial charge in [-0.05, 0) is 56.6 Å². The van der Waals surface area contributed by atoms with Crippen LogP contribution in [-0.2, 0) is 9.59 Å². The Labute approximate surface area is 214 Å². The van der Waals surface area contributed by atoms with Gasteiger partial charge in [0.2, 0.25) is 0 Å². The van der Waals surface area contributed by atoms with Crippen LogP contribution in [0.2, 0.25) is 0 Å². The van der Waals surface area contributed by atoms with Crippen molar-refractivity contribution < 1.29 is 9.59 Å². The first-order chi connectivity index (χ1) is 17.3. The lowest BCUT2D eigenvalue weighted by molar-refractivity contribution is -0.146. The van der Waals surface area contributed by atoms with E-state index in [0.717, 1.165) is 40.2 Å².